The molecule has 1 aliphatic heterocycles. The highest BCUT2D eigenvalue weighted by Gasteiger charge is 2.29. The zero-order valence-corrected chi connectivity index (χ0v) is 14.0. The van der Waals surface area contributed by atoms with Crippen molar-refractivity contribution < 1.29 is 13.9 Å². The van der Waals surface area contributed by atoms with Crippen molar-refractivity contribution in [2.75, 3.05) is 6.54 Å². The van der Waals surface area contributed by atoms with Crippen molar-refractivity contribution >= 4 is 5.91 Å². The second-order valence-electron chi connectivity index (χ2n) is 6.97. The third-order valence-electron chi connectivity index (χ3n) is 3.91. The summed E-state index contributed by atoms with van der Waals surface area (Å²) in [4.78, 5) is 19.9. The Kier molecular flexibility index (Phi) is 4.22. The van der Waals surface area contributed by atoms with E-state index >= 15 is 0 Å². The van der Waals surface area contributed by atoms with Gasteiger partial charge in [0.1, 0.15) is 24.0 Å². The van der Waals surface area contributed by atoms with Gasteiger partial charge in [-0.3, -0.25) is 4.79 Å². The maximum atomic E-state index is 13.9. The molecule has 126 valence electrons. The maximum Gasteiger partial charge on any atom is 0.225 e. The van der Waals surface area contributed by atoms with Gasteiger partial charge in [0.05, 0.1) is 6.54 Å². The summed E-state index contributed by atoms with van der Waals surface area (Å²) in [6, 6.07) is 2.90. The lowest BCUT2D eigenvalue weighted by Crippen LogP contribution is -2.40. The Morgan fingerprint density at radius 2 is 2.04 bits per heavy atom. The fraction of sp³-hybridized carbons (Fsp3) is 0.389. The van der Waals surface area contributed by atoms with Crippen LogP contribution in [0.1, 0.15) is 26.3 Å². The monoisotopic (exact) mass is 329 g/mol. The number of nitrogens with one attached hydrogen (secondary N) is 1. The molecule has 2 heterocycles. The van der Waals surface area contributed by atoms with E-state index in [0.717, 1.165) is 5.56 Å². The van der Waals surface area contributed by atoms with E-state index in [1.807, 2.05) is 20.8 Å². The van der Waals surface area contributed by atoms with Gasteiger partial charge in [-0.15, -0.1) is 0 Å². The minimum absolute atomic E-state index is 0.0371. The highest BCUT2D eigenvalue weighted by molar-refractivity contribution is 5.81. The fourth-order valence-electron chi connectivity index (χ4n) is 2.63. The lowest BCUT2D eigenvalue weighted by Gasteiger charge is -2.19. The molecule has 1 aromatic heterocycles. The van der Waals surface area contributed by atoms with Crippen molar-refractivity contribution in [2.45, 2.75) is 33.3 Å². The lowest BCUT2D eigenvalue weighted by molar-refractivity contribution is -0.128. The van der Waals surface area contributed by atoms with Gasteiger partial charge in [0, 0.05) is 40.9 Å². The van der Waals surface area contributed by atoms with Crippen LogP contribution in [0.3, 0.4) is 0 Å². The van der Waals surface area contributed by atoms with E-state index in [4.69, 9.17) is 4.74 Å². The maximum absolute atomic E-state index is 13.9. The van der Waals surface area contributed by atoms with Crippen molar-refractivity contribution in [1.29, 1.82) is 0 Å². The molecule has 1 aliphatic rings. The number of hydrogen-bond donors (Lipinski definition) is 1. The van der Waals surface area contributed by atoms with E-state index in [1.54, 1.807) is 12.4 Å². The molecule has 0 radical (unpaired) electrons. The highest BCUT2D eigenvalue weighted by atomic mass is 19.1. The number of amides is 1. The van der Waals surface area contributed by atoms with Crippen LogP contribution in [0.5, 0.6) is 5.75 Å². The minimum Gasteiger partial charge on any atom is -0.487 e. The highest BCUT2D eigenvalue weighted by Crippen LogP contribution is 2.39. The number of rotatable bonds is 3. The van der Waals surface area contributed by atoms with Crippen molar-refractivity contribution in [3.8, 4) is 16.9 Å². The van der Waals surface area contributed by atoms with Gasteiger partial charge in [0.15, 0.2) is 0 Å². The molecule has 0 spiro atoms. The van der Waals surface area contributed by atoms with Crippen molar-refractivity contribution in [2.24, 2.45) is 5.41 Å². The van der Waals surface area contributed by atoms with Gasteiger partial charge in [-0.1, -0.05) is 20.8 Å². The van der Waals surface area contributed by atoms with Gasteiger partial charge in [-0.2, -0.15) is 0 Å². The minimum atomic E-state index is -0.454. The molecule has 3 rings (SSSR count). The molecule has 0 aliphatic carbocycles. The lowest BCUT2D eigenvalue weighted by atomic mass is 9.95. The van der Waals surface area contributed by atoms with Crippen molar-refractivity contribution in [3.63, 3.8) is 0 Å². The predicted molar refractivity (Wildman–Crippen MR) is 88.0 cm³/mol. The Labute approximate surface area is 140 Å². The second-order valence-corrected chi connectivity index (χ2v) is 6.97. The van der Waals surface area contributed by atoms with E-state index in [9.17, 15) is 9.18 Å². The molecule has 1 amide bonds. The van der Waals surface area contributed by atoms with Gasteiger partial charge in [-0.25, -0.2) is 14.4 Å². The topological polar surface area (TPSA) is 64.1 Å². The van der Waals surface area contributed by atoms with Crippen LogP contribution in [0.2, 0.25) is 0 Å². The largest absolute Gasteiger partial charge is 0.487 e. The molecule has 1 N–H and O–H groups in total. The van der Waals surface area contributed by atoms with E-state index in [-0.39, 0.29) is 17.8 Å². The van der Waals surface area contributed by atoms with Gasteiger partial charge in [0.25, 0.3) is 0 Å². The third-order valence-corrected chi connectivity index (χ3v) is 3.91. The number of ether oxygens (including phenoxy) is 1. The molecule has 0 fully saturated rings. The van der Waals surface area contributed by atoms with E-state index < -0.39 is 5.41 Å². The Hall–Kier alpha value is -2.50. The van der Waals surface area contributed by atoms with Crippen LogP contribution in [-0.2, 0) is 11.2 Å². The molecule has 2 aromatic rings. The molecule has 0 bridgehead atoms. The Bertz CT molecular complexity index is 757. The molecule has 6 heteroatoms. The van der Waals surface area contributed by atoms with Crippen LogP contribution in [0.4, 0.5) is 4.39 Å². The number of fused-ring (bicyclic) bond motifs is 1. The summed E-state index contributed by atoms with van der Waals surface area (Å²) in [7, 11) is 0. The summed E-state index contributed by atoms with van der Waals surface area (Å²) in [5.41, 5.74) is 1.68. The predicted octanol–water partition coefficient (Wildman–Crippen LogP) is 2.75. The summed E-state index contributed by atoms with van der Waals surface area (Å²) >= 11 is 0. The van der Waals surface area contributed by atoms with Crippen LogP contribution in [0, 0.1) is 11.2 Å². The summed E-state index contributed by atoms with van der Waals surface area (Å²) in [5, 5.41) is 2.89. The molecule has 5 nitrogen and oxygen atoms in total. The Morgan fingerprint density at radius 3 is 2.71 bits per heavy atom. The molecule has 1 unspecified atom stereocenters. The average Bonchev–Trinajstić information content (AvgIpc) is 2.94. The van der Waals surface area contributed by atoms with Crippen molar-refractivity contribution in [1.82, 2.24) is 15.3 Å². The van der Waals surface area contributed by atoms with Gasteiger partial charge in [0.2, 0.25) is 5.91 Å². The number of carbonyl (C=O) groups excluding carboxylic acids is 1. The first-order valence-corrected chi connectivity index (χ1v) is 7.87. The Morgan fingerprint density at radius 1 is 1.33 bits per heavy atom. The standard InChI is InChI=1S/C18H20FN3O2/c1-18(2,3)17(23)22-9-14-5-11-4-13(19)6-15(16(11)24-14)12-7-20-10-21-8-12/h4,6-8,10,14H,5,9H2,1-3H3,(H,22,23). The van der Waals surface area contributed by atoms with Crippen LogP contribution >= 0.6 is 0 Å². The first kappa shape index (κ1) is 16.4. The molecule has 0 saturated heterocycles. The van der Waals surface area contributed by atoms with Crippen LogP contribution < -0.4 is 10.1 Å². The van der Waals surface area contributed by atoms with Crippen molar-refractivity contribution in [3.05, 3.63) is 42.2 Å². The number of carbonyl (C=O) groups is 1. The number of nitrogens with zero attached hydrogens (tertiary/aromatic N) is 2. The number of aromatic nitrogens is 2. The smallest absolute Gasteiger partial charge is 0.225 e. The zero-order chi connectivity index (χ0) is 17.3. The van der Waals surface area contributed by atoms with Crippen LogP contribution in [-0.4, -0.2) is 28.5 Å². The first-order valence-electron chi connectivity index (χ1n) is 7.87. The van der Waals surface area contributed by atoms with E-state index in [0.29, 0.717) is 29.8 Å². The van der Waals surface area contributed by atoms with Gasteiger partial charge >= 0.3 is 0 Å². The van der Waals surface area contributed by atoms with Crippen LogP contribution in [0.25, 0.3) is 11.1 Å². The zero-order valence-electron chi connectivity index (χ0n) is 14.0. The first-order chi connectivity index (χ1) is 11.3. The molecular formula is C18H20FN3O2. The summed E-state index contributed by atoms with van der Waals surface area (Å²) in [6.45, 7) is 5.96. The molecular weight excluding hydrogens is 309 g/mol. The third kappa shape index (κ3) is 3.37. The average molecular weight is 329 g/mol. The summed E-state index contributed by atoms with van der Waals surface area (Å²) in [5.74, 6) is 0.279. The fourth-order valence-corrected chi connectivity index (χ4v) is 2.63. The summed E-state index contributed by atoms with van der Waals surface area (Å²) in [6.07, 6.45) is 5.02. The second kappa shape index (κ2) is 6.19. The SMILES string of the molecule is CC(C)(C)C(=O)NCC1Cc2cc(F)cc(-c3cncnc3)c2O1. The normalized spacial score (nSPS) is 16.4. The Balaban J connectivity index is 1.79. The van der Waals surface area contributed by atoms with Crippen LogP contribution in [0.15, 0.2) is 30.9 Å². The number of benzene rings is 1. The molecule has 1 atom stereocenters. The van der Waals surface area contributed by atoms with Gasteiger partial charge in [-0.05, 0) is 12.1 Å². The molecule has 24 heavy (non-hydrogen) atoms. The van der Waals surface area contributed by atoms with E-state index in [2.05, 4.69) is 15.3 Å². The van der Waals surface area contributed by atoms with Gasteiger partial charge < -0.3 is 10.1 Å². The quantitative estimate of drug-likeness (QED) is 0.940. The number of halogens is 1. The summed E-state index contributed by atoms with van der Waals surface area (Å²) < 4.78 is 19.9. The molecule has 0 saturated carbocycles. The number of hydrogen-bond acceptors (Lipinski definition) is 4. The molecule has 1 aromatic carbocycles. The van der Waals surface area contributed by atoms with E-state index in [1.165, 1.54) is 18.5 Å².